The van der Waals surface area contributed by atoms with Crippen LogP contribution in [-0.2, 0) is 0 Å². The highest BCUT2D eigenvalue weighted by Gasteiger charge is 2.11. The quantitative estimate of drug-likeness (QED) is 0.259. The molecule has 0 aliphatic rings. The van der Waals surface area contributed by atoms with Gasteiger partial charge in [-0.3, -0.25) is 5.32 Å². The Morgan fingerprint density at radius 2 is 1.91 bits per heavy atom. The van der Waals surface area contributed by atoms with Crippen LogP contribution < -0.4 is 15.5 Å². The predicted molar refractivity (Wildman–Crippen MR) is 92.1 cm³/mol. The van der Waals surface area contributed by atoms with Crippen molar-refractivity contribution in [3.8, 4) is 17.7 Å². The molecule has 0 saturated carbocycles. The van der Waals surface area contributed by atoms with Gasteiger partial charge in [0.2, 0.25) is 0 Å². The maximum atomic E-state index is 9.09. The molecule has 0 aliphatic carbocycles. The van der Waals surface area contributed by atoms with Crippen LogP contribution in [0, 0.1) is 11.5 Å². The molecule has 116 valence electrons. The lowest BCUT2D eigenvalue weighted by molar-refractivity contribution is 0.425. The molecule has 0 radical (unpaired) electrons. The van der Waals surface area contributed by atoms with Crippen molar-refractivity contribution >= 4 is 35.2 Å². The third-order valence-corrected chi connectivity index (χ3v) is 3.43. The van der Waals surface area contributed by atoms with Gasteiger partial charge in [0.15, 0.2) is 17.1 Å². The van der Waals surface area contributed by atoms with Crippen LogP contribution in [0.15, 0.2) is 53.5 Å². The van der Waals surface area contributed by atoms with E-state index < -0.39 is 7.12 Å². The van der Waals surface area contributed by atoms with Gasteiger partial charge < -0.3 is 14.8 Å². The fourth-order valence-electron chi connectivity index (χ4n) is 1.75. The van der Waals surface area contributed by atoms with E-state index in [1.807, 2.05) is 24.6 Å². The predicted octanol–water partition coefficient (Wildman–Crippen LogP) is 1.58. The van der Waals surface area contributed by atoms with Gasteiger partial charge in [0, 0.05) is 0 Å². The molecule has 2 aromatic carbocycles. The number of hydrogen-bond donors (Lipinski definition) is 3. The average Bonchev–Trinajstić information content (AvgIpc) is 2.56. The van der Waals surface area contributed by atoms with Gasteiger partial charge in [-0.15, -0.1) is 0 Å². The zero-order chi connectivity index (χ0) is 16.7. The van der Waals surface area contributed by atoms with Crippen LogP contribution in [0.3, 0.4) is 0 Å². The molecule has 6 nitrogen and oxygen atoms in total. The molecule has 0 spiro atoms. The van der Waals surface area contributed by atoms with Crippen molar-refractivity contribution in [1.82, 2.24) is 5.32 Å². The van der Waals surface area contributed by atoms with Crippen molar-refractivity contribution < 1.29 is 14.8 Å². The Morgan fingerprint density at radius 1 is 1.22 bits per heavy atom. The molecule has 0 aromatic heterocycles. The Kier molecular flexibility index (Phi) is 6.06. The maximum absolute atomic E-state index is 9.09. The monoisotopic (exact) mass is 327 g/mol. The third kappa shape index (κ3) is 4.76. The van der Waals surface area contributed by atoms with Crippen LogP contribution in [0.2, 0.25) is 0 Å². The summed E-state index contributed by atoms with van der Waals surface area (Å²) in [5.41, 5.74) is 0.956. The summed E-state index contributed by atoms with van der Waals surface area (Å²) >= 11 is 1.31. The SMILES string of the molecule is CSC(=Nc1ccccc1Oc1ccc(B(O)O)cc1)NC#N. The molecule has 0 bridgehead atoms. The molecule has 0 fully saturated rings. The van der Waals surface area contributed by atoms with Gasteiger partial charge in [0.1, 0.15) is 11.4 Å². The number of benzene rings is 2. The first kappa shape index (κ1) is 16.9. The van der Waals surface area contributed by atoms with Gasteiger partial charge in [-0.2, -0.15) is 5.26 Å². The summed E-state index contributed by atoms with van der Waals surface area (Å²) in [5, 5.41) is 29.8. The van der Waals surface area contributed by atoms with Crippen molar-refractivity contribution in [2.75, 3.05) is 6.26 Å². The van der Waals surface area contributed by atoms with Crippen molar-refractivity contribution in [1.29, 1.82) is 5.26 Å². The van der Waals surface area contributed by atoms with E-state index in [1.54, 1.807) is 36.4 Å². The minimum Gasteiger partial charge on any atom is -0.455 e. The second-order valence-electron chi connectivity index (χ2n) is 4.37. The largest absolute Gasteiger partial charge is 0.488 e. The number of rotatable bonds is 4. The summed E-state index contributed by atoms with van der Waals surface area (Å²) in [5.74, 6) is 1.06. The van der Waals surface area contributed by atoms with Gasteiger partial charge in [0.25, 0.3) is 0 Å². The van der Waals surface area contributed by atoms with E-state index in [0.717, 1.165) is 0 Å². The van der Waals surface area contributed by atoms with Gasteiger partial charge >= 0.3 is 7.12 Å². The summed E-state index contributed by atoms with van der Waals surface area (Å²) in [6, 6.07) is 13.6. The molecule has 0 heterocycles. The fraction of sp³-hybridized carbons (Fsp3) is 0.0667. The molecule has 0 saturated heterocycles. The number of aliphatic imine (C=N–C) groups is 1. The highest BCUT2D eigenvalue weighted by Crippen LogP contribution is 2.31. The number of thioether (sulfide) groups is 1. The number of hydrogen-bond acceptors (Lipinski definition) is 6. The Balaban J connectivity index is 2.25. The third-order valence-electron chi connectivity index (χ3n) is 2.85. The van der Waals surface area contributed by atoms with Gasteiger partial charge in [0.05, 0.1) is 0 Å². The average molecular weight is 327 g/mol. The first-order valence-corrected chi connectivity index (χ1v) is 7.87. The zero-order valence-corrected chi connectivity index (χ0v) is 13.1. The smallest absolute Gasteiger partial charge is 0.455 e. The molecule has 0 unspecified atom stereocenters. The Hall–Kier alpha value is -2.47. The molecule has 23 heavy (non-hydrogen) atoms. The first-order valence-electron chi connectivity index (χ1n) is 6.65. The highest BCUT2D eigenvalue weighted by molar-refractivity contribution is 8.13. The molecule has 0 atom stereocenters. The lowest BCUT2D eigenvalue weighted by Crippen LogP contribution is -2.29. The standard InChI is InChI=1S/C15H14BN3O3S/c1-23-15(18-10-17)19-13-4-2-3-5-14(13)22-12-8-6-11(7-9-12)16(20)21/h2-9,20-21H,1H3,(H,18,19). The number of para-hydroxylation sites is 2. The highest BCUT2D eigenvalue weighted by atomic mass is 32.2. The summed E-state index contributed by atoms with van der Waals surface area (Å²) in [7, 11) is -1.51. The fourth-order valence-corrected chi connectivity index (χ4v) is 2.09. The topological polar surface area (TPSA) is 97.9 Å². The molecule has 2 rings (SSSR count). The van der Waals surface area contributed by atoms with Crippen LogP contribution in [0.4, 0.5) is 5.69 Å². The van der Waals surface area contributed by atoms with Crippen molar-refractivity contribution in [2.24, 2.45) is 4.99 Å². The van der Waals surface area contributed by atoms with E-state index in [9.17, 15) is 0 Å². The Bertz CT molecular complexity index is 729. The number of nitrogens with zero attached hydrogens (tertiary/aromatic N) is 2. The lowest BCUT2D eigenvalue weighted by atomic mass is 9.80. The van der Waals surface area contributed by atoms with Crippen LogP contribution in [0.5, 0.6) is 11.5 Å². The van der Waals surface area contributed by atoms with E-state index in [-0.39, 0.29) is 0 Å². The second-order valence-corrected chi connectivity index (χ2v) is 5.17. The van der Waals surface area contributed by atoms with Crippen molar-refractivity contribution in [3.05, 3.63) is 48.5 Å². The summed E-state index contributed by atoms with van der Waals surface area (Å²) < 4.78 is 5.78. The van der Waals surface area contributed by atoms with E-state index in [4.69, 9.17) is 20.0 Å². The number of ether oxygens (including phenoxy) is 1. The van der Waals surface area contributed by atoms with E-state index in [2.05, 4.69) is 10.3 Å². The summed E-state index contributed by atoms with van der Waals surface area (Å²) in [4.78, 5) is 4.35. The summed E-state index contributed by atoms with van der Waals surface area (Å²) in [6.07, 6.45) is 3.65. The number of amidine groups is 1. The molecular formula is C15H14BN3O3S. The minimum atomic E-state index is -1.51. The van der Waals surface area contributed by atoms with E-state index in [0.29, 0.717) is 27.8 Å². The van der Waals surface area contributed by atoms with Gasteiger partial charge in [-0.25, -0.2) is 4.99 Å². The lowest BCUT2D eigenvalue weighted by Gasteiger charge is -2.09. The molecule has 0 amide bonds. The van der Waals surface area contributed by atoms with E-state index >= 15 is 0 Å². The van der Waals surface area contributed by atoms with Crippen molar-refractivity contribution in [2.45, 2.75) is 0 Å². The Labute approximate surface area is 138 Å². The van der Waals surface area contributed by atoms with Gasteiger partial charge in [-0.1, -0.05) is 36.0 Å². The van der Waals surface area contributed by atoms with Crippen molar-refractivity contribution in [3.63, 3.8) is 0 Å². The first-order chi connectivity index (χ1) is 11.1. The maximum Gasteiger partial charge on any atom is 0.488 e. The van der Waals surface area contributed by atoms with Crippen LogP contribution in [0.1, 0.15) is 0 Å². The molecular weight excluding hydrogens is 313 g/mol. The Morgan fingerprint density at radius 3 is 2.52 bits per heavy atom. The molecule has 8 heteroatoms. The summed E-state index contributed by atoms with van der Waals surface area (Å²) in [6.45, 7) is 0. The number of nitriles is 1. The zero-order valence-electron chi connectivity index (χ0n) is 12.3. The molecule has 3 N–H and O–H groups in total. The van der Waals surface area contributed by atoms with Crippen LogP contribution >= 0.6 is 11.8 Å². The number of nitrogens with one attached hydrogen (secondary N) is 1. The van der Waals surface area contributed by atoms with Gasteiger partial charge in [-0.05, 0) is 36.0 Å². The van der Waals surface area contributed by atoms with Crippen LogP contribution in [0.25, 0.3) is 0 Å². The molecule has 2 aromatic rings. The second kappa shape index (κ2) is 8.24. The van der Waals surface area contributed by atoms with E-state index in [1.165, 1.54) is 11.8 Å². The molecule has 0 aliphatic heterocycles. The minimum absolute atomic E-state index is 0.381. The normalized spacial score (nSPS) is 10.8. The van der Waals surface area contributed by atoms with Crippen LogP contribution in [-0.4, -0.2) is 28.6 Å².